The number of carbonyl (C=O) groups is 1. The number of hydrogen-bond acceptors (Lipinski definition) is 6. The van der Waals surface area contributed by atoms with Gasteiger partial charge in [-0.2, -0.15) is 10.4 Å². The van der Waals surface area contributed by atoms with Gasteiger partial charge in [-0.25, -0.2) is 9.50 Å². The first-order valence-electron chi connectivity index (χ1n) is 10.2. The summed E-state index contributed by atoms with van der Waals surface area (Å²) in [6.45, 7) is 2.20. The highest BCUT2D eigenvalue weighted by Gasteiger charge is 2.27. The fraction of sp³-hybridized carbons (Fsp3) is 0.167. The normalized spacial score (nSPS) is 13.7. The minimum Gasteiger partial charge on any atom is -0.370 e. The second kappa shape index (κ2) is 8.13. The molecule has 5 rings (SSSR count). The number of primary amides is 1. The standard InChI is InChI=1S/C24H20N6O2/c25-11-16-1-3-17(4-2-16)14-32-20-12-29(13-20)19-7-5-18(6-8-19)22-10-9-21(23(26)31)24-27-15-28-30(22)24/h1-10,15,20H,12-14H2,(H2,26,31). The summed E-state index contributed by atoms with van der Waals surface area (Å²) >= 11 is 0. The zero-order chi connectivity index (χ0) is 22.1. The lowest BCUT2D eigenvalue weighted by atomic mass is 10.1. The molecule has 0 atom stereocenters. The molecule has 1 amide bonds. The monoisotopic (exact) mass is 424 g/mol. The molecule has 2 N–H and O–H groups in total. The van der Waals surface area contributed by atoms with Crippen LogP contribution in [0.25, 0.3) is 16.9 Å². The van der Waals surface area contributed by atoms with Gasteiger partial charge in [0.25, 0.3) is 5.91 Å². The lowest BCUT2D eigenvalue weighted by Gasteiger charge is -2.40. The predicted molar refractivity (Wildman–Crippen MR) is 119 cm³/mol. The number of hydrogen-bond donors (Lipinski definition) is 1. The molecule has 0 saturated carbocycles. The van der Waals surface area contributed by atoms with Crippen LogP contribution in [0.2, 0.25) is 0 Å². The molecule has 0 unspecified atom stereocenters. The van der Waals surface area contributed by atoms with Crippen LogP contribution in [0.15, 0.2) is 67.0 Å². The van der Waals surface area contributed by atoms with E-state index in [4.69, 9.17) is 15.7 Å². The smallest absolute Gasteiger partial charge is 0.252 e. The molecule has 0 aliphatic carbocycles. The van der Waals surface area contributed by atoms with E-state index < -0.39 is 5.91 Å². The van der Waals surface area contributed by atoms with E-state index >= 15 is 0 Å². The number of fused-ring (bicyclic) bond motifs is 1. The van der Waals surface area contributed by atoms with Gasteiger partial charge in [0.1, 0.15) is 6.33 Å². The number of anilines is 1. The molecule has 8 heteroatoms. The Balaban J connectivity index is 1.22. The summed E-state index contributed by atoms with van der Waals surface area (Å²) in [5.74, 6) is -0.529. The van der Waals surface area contributed by atoms with Crippen molar-refractivity contribution in [3.8, 4) is 17.3 Å². The van der Waals surface area contributed by atoms with E-state index in [0.29, 0.717) is 23.4 Å². The first kappa shape index (κ1) is 19.7. The number of aromatic nitrogens is 3. The summed E-state index contributed by atoms with van der Waals surface area (Å²) in [4.78, 5) is 18.0. The third kappa shape index (κ3) is 3.66. The molecule has 158 valence electrons. The number of benzene rings is 2. The number of amides is 1. The topological polar surface area (TPSA) is 110 Å². The quantitative estimate of drug-likeness (QED) is 0.510. The van der Waals surface area contributed by atoms with Crippen molar-refractivity contribution >= 4 is 17.2 Å². The van der Waals surface area contributed by atoms with Crippen molar-refractivity contribution in [1.29, 1.82) is 5.26 Å². The molecule has 1 fully saturated rings. The number of carbonyl (C=O) groups excluding carboxylic acids is 1. The average molecular weight is 424 g/mol. The Morgan fingerprint density at radius 3 is 2.53 bits per heavy atom. The van der Waals surface area contributed by atoms with E-state index in [-0.39, 0.29) is 6.10 Å². The first-order valence-corrected chi connectivity index (χ1v) is 10.2. The highest BCUT2D eigenvalue weighted by Crippen LogP contribution is 2.28. The second-order valence-electron chi connectivity index (χ2n) is 7.69. The third-order valence-corrected chi connectivity index (χ3v) is 5.64. The van der Waals surface area contributed by atoms with Crippen molar-refractivity contribution in [1.82, 2.24) is 14.6 Å². The van der Waals surface area contributed by atoms with Crippen LogP contribution in [0.4, 0.5) is 5.69 Å². The molecule has 0 spiro atoms. The Morgan fingerprint density at radius 1 is 1.09 bits per heavy atom. The van der Waals surface area contributed by atoms with Crippen LogP contribution in [-0.2, 0) is 11.3 Å². The van der Waals surface area contributed by atoms with E-state index in [9.17, 15) is 4.79 Å². The fourth-order valence-corrected chi connectivity index (χ4v) is 3.81. The van der Waals surface area contributed by atoms with E-state index in [2.05, 4.69) is 33.2 Å². The zero-order valence-corrected chi connectivity index (χ0v) is 17.2. The Bertz CT molecular complexity index is 1320. The Kier molecular flexibility index (Phi) is 5.01. The van der Waals surface area contributed by atoms with Crippen LogP contribution in [0, 0.1) is 11.3 Å². The molecule has 1 saturated heterocycles. The molecule has 0 radical (unpaired) electrons. The third-order valence-electron chi connectivity index (χ3n) is 5.64. The summed E-state index contributed by atoms with van der Waals surface area (Å²) < 4.78 is 7.60. The number of pyridine rings is 1. The van der Waals surface area contributed by atoms with Gasteiger partial charge in [0.15, 0.2) is 5.65 Å². The van der Waals surface area contributed by atoms with Crippen molar-refractivity contribution in [2.75, 3.05) is 18.0 Å². The Labute approximate surface area is 184 Å². The van der Waals surface area contributed by atoms with E-state index in [0.717, 1.165) is 35.6 Å². The van der Waals surface area contributed by atoms with Crippen molar-refractivity contribution in [2.45, 2.75) is 12.7 Å². The van der Waals surface area contributed by atoms with Crippen LogP contribution in [0.1, 0.15) is 21.5 Å². The highest BCUT2D eigenvalue weighted by molar-refractivity contribution is 5.99. The van der Waals surface area contributed by atoms with E-state index in [1.807, 2.05) is 42.5 Å². The summed E-state index contributed by atoms with van der Waals surface area (Å²) in [6.07, 6.45) is 1.60. The van der Waals surface area contributed by atoms with Gasteiger partial charge in [-0.1, -0.05) is 24.3 Å². The van der Waals surface area contributed by atoms with Gasteiger partial charge in [-0.15, -0.1) is 0 Å². The van der Waals surface area contributed by atoms with Gasteiger partial charge in [-0.05, 0) is 42.0 Å². The van der Waals surface area contributed by atoms with Crippen LogP contribution < -0.4 is 10.6 Å². The summed E-state index contributed by atoms with van der Waals surface area (Å²) in [5.41, 5.74) is 10.9. The van der Waals surface area contributed by atoms with Crippen molar-refractivity contribution in [3.05, 3.63) is 83.7 Å². The van der Waals surface area contributed by atoms with Crippen LogP contribution in [-0.4, -0.2) is 39.7 Å². The van der Waals surface area contributed by atoms with Crippen molar-refractivity contribution < 1.29 is 9.53 Å². The largest absolute Gasteiger partial charge is 0.370 e. The molecule has 8 nitrogen and oxygen atoms in total. The van der Waals surface area contributed by atoms with Gasteiger partial charge in [0.2, 0.25) is 0 Å². The van der Waals surface area contributed by atoms with Gasteiger partial charge in [0.05, 0.1) is 35.6 Å². The minimum absolute atomic E-state index is 0.182. The van der Waals surface area contributed by atoms with Crippen LogP contribution >= 0.6 is 0 Å². The Morgan fingerprint density at radius 2 is 1.84 bits per heavy atom. The molecule has 4 aromatic rings. The molecule has 3 heterocycles. The molecular weight excluding hydrogens is 404 g/mol. The van der Waals surface area contributed by atoms with Gasteiger partial charge < -0.3 is 15.4 Å². The molecule has 2 aromatic carbocycles. The number of nitriles is 1. The Hall–Kier alpha value is -4.22. The van der Waals surface area contributed by atoms with E-state index in [1.54, 1.807) is 10.6 Å². The van der Waals surface area contributed by atoms with Gasteiger partial charge >= 0.3 is 0 Å². The summed E-state index contributed by atoms with van der Waals surface area (Å²) in [7, 11) is 0. The maximum atomic E-state index is 11.6. The number of nitrogens with zero attached hydrogens (tertiary/aromatic N) is 5. The van der Waals surface area contributed by atoms with E-state index in [1.165, 1.54) is 6.33 Å². The molecular formula is C24H20N6O2. The average Bonchev–Trinajstić information content (AvgIpc) is 3.28. The minimum atomic E-state index is -0.529. The molecule has 32 heavy (non-hydrogen) atoms. The van der Waals surface area contributed by atoms with Crippen molar-refractivity contribution in [2.24, 2.45) is 5.73 Å². The summed E-state index contributed by atoms with van der Waals surface area (Å²) in [5, 5.41) is 13.1. The SMILES string of the molecule is N#Cc1ccc(COC2CN(c3ccc(-c4ccc(C(N)=O)c5ncnn45)cc3)C2)cc1. The molecule has 1 aliphatic rings. The first-order chi connectivity index (χ1) is 15.6. The van der Waals surface area contributed by atoms with Crippen LogP contribution in [0.3, 0.4) is 0 Å². The number of nitrogens with two attached hydrogens (primary N) is 1. The van der Waals surface area contributed by atoms with Crippen molar-refractivity contribution in [3.63, 3.8) is 0 Å². The maximum Gasteiger partial charge on any atom is 0.252 e. The maximum absolute atomic E-state index is 11.6. The molecule has 2 aromatic heterocycles. The summed E-state index contributed by atoms with van der Waals surface area (Å²) in [6, 6.07) is 21.3. The molecule has 1 aliphatic heterocycles. The highest BCUT2D eigenvalue weighted by atomic mass is 16.5. The van der Waals surface area contributed by atoms with Gasteiger partial charge in [-0.3, -0.25) is 4.79 Å². The van der Waals surface area contributed by atoms with Crippen LogP contribution in [0.5, 0.6) is 0 Å². The lowest BCUT2D eigenvalue weighted by molar-refractivity contribution is 0.0224. The number of rotatable bonds is 6. The number of ether oxygens (including phenoxy) is 1. The molecule has 0 bridgehead atoms. The second-order valence-corrected chi connectivity index (χ2v) is 7.69. The van der Waals surface area contributed by atoms with Gasteiger partial charge in [0, 0.05) is 24.3 Å². The lowest BCUT2D eigenvalue weighted by Crippen LogP contribution is -2.52. The fourth-order valence-electron chi connectivity index (χ4n) is 3.81. The predicted octanol–water partition coefficient (Wildman–Crippen LogP) is 2.77. The zero-order valence-electron chi connectivity index (χ0n) is 17.2.